The molecular formula is C10H17N3O2. The molecule has 3 N–H and O–H groups in total. The third-order valence-electron chi connectivity index (χ3n) is 2.72. The van der Waals surface area contributed by atoms with Crippen LogP contribution in [0.25, 0.3) is 0 Å². The van der Waals surface area contributed by atoms with Gasteiger partial charge in [0.15, 0.2) is 0 Å². The van der Waals surface area contributed by atoms with Crippen LogP contribution in [0.5, 0.6) is 0 Å². The lowest BCUT2D eigenvalue weighted by Crippen LogP contribution is -2.30. The monoisotopic (exact) mass is 211 g/mol. The second-order valence-corrected chi connectivity index (χ2v) is 3.58. The van der Waals surface area contributed by atoms with E-state index < -0.39 is 5.60 Å². The van der Waals surface area contributed by atoms with Gasteiger partial charge in [-0.15, -0.1) is 0 Å². The quantitative estimate of drug-likeness (QED) is 0.760. The largest absolute Gasteiger partial charge is 0.371 e. The predicted molar refractivity (Wildman–Crippen MR) is 57.4 cm³/mol. The molecule has 5 heteroatoms. The van der Waals surface area contributed by atoms with E-state index in [1.807, 2.05) is 13.8 Å². The maximum absolute atomic E-state index is 11.5. The topological polar surface area (TPSA) is 81.0 Å². The van der Waals surface area contributed by atoms with E-state index in [9.17, 15) is 4.79 Å². The zero-order valence-corrected chi connectivity index (χ0v) is 9.33. The van der Waals surface area contributed by atoms with Gasteiger partial charge >= 0.3 is 0 Å². The Kier molecular flexibility index (Phi) is 3.60. The van der Waals surface area contributed by atoms with E-state index >= 15 is 0 Å². The maximum atomic E-state index is 11.5. The molecule has 0 saturated carbocycles. The van der Waals surface area contributed by atoms with Gasteiger partial charge in [-0.25, -0.2) is 4.98 Å². The van der Waals surface area contributed by atoms with Crippen molar-refractivity contribution in [1.29, 1.82) is 0 Å². The molecule has 0 spiro atoms. The molecule has 1 atom stereocenters. The number of H-pyrrole nitrogens is 1. The van der Waals surface area contributed by atoms with E-state index in [1.165, 1.54) is 6.20 Å². The van der Waals surface area contributed by atoms with Crippen molar-refractivity contribution in [3.63, 3.8) is 0 Å². The SMILES string of the molecule is CCC(C)(OC)c1ncc(CN)c(=O)[nH]1. The van der Waals surface area contributed by atoms with E-state index in [4.69, 9.17) is 10.5 Å². The van der Waals surface area contributed by atoms with Crippen molar-refractivity contribution in [3.8, 4) is 0 Å². The van der Waals surface area contributed by atoms with Gasteiger partial charge in [0, 0.05) is 25.4 Å². The van der Waals surface area contributed by atoms with E-state index in [0.29, 0.717) is 11.4 Å². The smallest absolute Gasteiger partial charge is 0.255 e. The molecule has 0 aliphatic carbocycles. The van der Waals surface area contributed by atoms with E-state index in [0.717, 1.165) is 6.42 Å². The Bertz CT molecular complexity index is 382. The highest BCUT2D eigenvalue weighted by molar-refractivity contribution is 5.08. The van der Waals surface area contributed by atoms with Crippen LogP contribution in [0.4, 0.5) is 0 Å². The van der Waals surface area contributed by atoms with Crippen molar-refractivity contribution in [3.05, 3.63) is 27.9 Å². The zero-order valence-electron chi connectivity index (χ0n) is 9.33. The van der Waals surface area contributed by atoms with Crippen molar-refractivity contribution in [1.82, 2.24) is 9.97 Å². The van der Waals surface area contributed by atoms with E-state index in [1.54, 1.807) is 7.11 Å². The van der Waals surface area contributed by atoms with Gasteiger partial charge in [-0.1, -0.05) is 6.92 Å². The molecule has 0 aromatic carbocycles. The number of nitrogens with zero attached hydrogens (tertiary/aromatic N) is 1. The summed E-state index contributed by atoms with van der Waals surface area (Å²) in [5.74, 6) is 0.537. The van der Waals surface area contributed by atoms with E-state index in [-0.39, 0.29) is 12.1 Å². The molecule has 15 heavy (non-hydrogen) atoms. The highest BCUT2D eigenvalue weighted by atomic mass is 16.5. The van der Waals surface area contributed by atoms with E-state index in [2.05, 4.69) is 9.97 Å². The average Bonchev–Trinajstić information content (AvgIpc) is 2.28. The first kappa shape index (κ1) is 11.9. The second kappa shape index (κ2) is 4.55. The van der Waals surface area contributed by atoms with Crippen LogP contribution in [0, 0.1) is 0 Å². The summed E-state index contributed by atoms with van der Waals surface area (Å²) in [6.07, 6.45) is 2.23. The highest BCUT2D eigenvalue weighted by Gasteiger charge is 2.26. The Labute approximate surface area is 88.7 Å². The minimum absolute atomic E-state index is 0.193. The van der Waals surface area contributed by atoms with Gasteiger partial charge in [0.1, 0.15) is 11.4 Å². The van der Waals surface area contributed by atoms with Crippen LogP contribution < -0.4 is 11.3 Å². The first-order valence-corrected chi connectivity index (χ1v) is 4.91. The Hall–Kier alpha value is -1.20. The number of nitrogens with one attached hydrogen (secondary N) is 1. The van der Waals surface area contributed by atoms with Crippen LogP contribution in [0.15, 0.2) is 11.0 Å². The number of methoxy groups -OCH3 is 1. The van der Waals surface area contributed by atoms with Crippen molar-refractivity contribution in [2.75, 3.05) is 7.11 Å². The molecule has 0 aliphatic rings. The number of aromatic amines is 1. The van der Waals surface area contributed by atoms with Crippen LogP contribution >= 0.6 is 0 Å². The third kappa shape index (κ3) is 2.24. The molecule has 0 bridgehead atoms. The molecule has 1 aromatic heterocycles. The van der Waals surface area contributed by atoms with Gasteiger partial charge in [-0.05, 0) is 13.3 Å². The van der Waals surface area contributed by atoms with Crippen LogP contribution in [0.3, 0.4) is 0 Å². The van der Waals surface area contributed by atoms with Gasteiger partial charge in [-0.2, -0.15) is 0 Å². The summed E-state index contributed by atoms with van der Waals surface area (Å²) >= 11 is 0. The van der Waals surface area contributed by atoms with Gasteiger partial charge < -0.3 is 15.5 Å². The maximum Gasteiger partial charge on any atom is 0.255 e. The Morgan fingerprint density at radius 2 is 2.33 bits per heavy atom. The first-order valence-electron chi connectivity index (χ1n) is 4.91. The first-order chi connectivity index (χ1) is 7.07. The normalized spacial score (nSPS) is 14.9. The van der Waals surface area contributed by atoms with Crippen molar-refractivity contribution < 1.29 is 4.74 Å². The van der Waals surface area contributed by atoms with Crippen LogP contribution in [0.2, 0.25) is 0 Å². The molecule has 1 heterocycles. The zero-order chi connectivity index (χ0) is 11.5. The third-order valence-corrected chi connectivity index (χ3v) is 2.72. The number of hydrogen-bond acceptors (Lipinski definition) is 4. The molecule has 0 fully saturated rings. The minimum atomic E-state index is -0.549. The lowest BCUT2D eigenvalue weighted by atomic mass is 10.0. The van der Waals surface area contributed by atoms with Gasteiger partial charge in [0.2, 0.25) is 0 Å². The molecule has 1 rings (SSSR count). The second-order valence-electron chi connectivity index (χ2n) is 3.58. The number of ether oxygens (including phenoxy) is 1. The Morgan fingerprint density at radius 1 is 1.67 bits per heavy atom. The van der Waals surface area contributed by atoms with Crippen LogP contribution in [-0.4, -0.2) is 17.1 Å². The molecular weight excluding hydrogens is 194 g/mol. The van der Waals surface area contributed by atoms with Crippen molar-refractivity contribution >= 4 is 0 Å². The number of nitrogens with two attached hydrogens (primary N) is 1. The molecule has 0 radical (unpaired) electrons. The summed E-state index contributed by atoms with van der Waals surface area (Å²) in [6.45, 7) is 4.05. The Morgan fingerprint density at radius 3 is 2.73 bits per heavy atom. The van der Waals surface area contributed by atoms with Crippen LogP contribution in [0.1, 0.15) is 31.7 Å². The molecule has 0 aliphatic heterocycles. The van der Waals surface area contributed by atoms with Crippen molar-refractivity contribution in [2.45, 2.75) is 32.4 Å². The Balaban J connectivity index is 3.17. The molecule has 0 amide bonds. The average molecular weight is 211 g/mol. The number of hydrogen-bond donors (Lipinski definition) is 2. The summed E-state index contributed by atoms with van der Waals surface area (Å²) in [6, 6.07) is 0. The lowest BCUT2D eigenvalue weighted by molar-refractivity contribution is -0.00922. The fraction of sp³-hybridized carbons (Fsp3) is 0.600. The predicted octanol–water partition coefficient (Wildman–Crippen LogP) is 0.500. The van der Waals surface area contributed by atoms with Crippen molar-refractivity contribution in [2.24, 2.45) is 5.73 Å². The molecule has 1 aromatic rings. The molecule has 1 unspecified atom stereocenters. The van der Waals surface area contributed by atoms with Gasteiger partial charge in [0.25, 0.3) is 5.56 Å². The summed E-state index contributed by atoms with van der Waals surface area (Å²) in [4.78, 5) is 18.4. The summed E-state index contributed by atoms with van der Waals surface area (Å²) in [5, 5.41) is 0. The number of aromatic nitrogens is 2. The van der Waals surface area contributed by atoms with Crippen LogP contribution in [-0.2, 0) is 16.9 Å². The molecule has 84 valence electrons. The van der Waals surface area contributed by atoms with Gasteiger partial charge in [0.05, 0.1) is 0 Å². The van der Waals surface area contributed by atoms with Gasteiger partial charge in [-0.3, -0.25) is 4.79 Å². The minimum Gasteiger partial charge on any atom is -0.371 e. The molecule has 0 saturated heterocycles. The summed E-state index contributed by atoms with van der Waals surface area (Å²) in [5.41, 5.74) is 5.12. The summed E-state index contributed by atoms with van der Waals surface area (Å²) < 4.78 is 5.34. The molecule has 5 nitrogen and oxygen atoms in total. The standard InChI is InChI=1S/C10H17N3O2/c1-4-10(2,15-3)9-12-6-7(5-11)8(14)13-9/h6H,4-5,11H2,1-3H3,(H,12,13,14). The number of rotatable bonds is 4. The fourth-order valence-electron chi connectivity index (χ4n) is 1.24. The summed E-state index contributed by atoms with van der Waals surface area (Å²) in [7, 11) is 1.60. The highest BCUT2D eigenvalue weighted by Crippen LogP contribution is 2.23. The fourth-order valence-corrected chi connectivity index (χ4v) is 1.24. The lowest BCUT2D eigenvalue weighted by Gasteiger charge is -2.25.